The molecule has 1 aromatic heterocycles. The predicted octanol–water partition coefficient (Wildman–Crippen LogP) is 4.44. The maximum absolute atomic E-state index is 12.8. The number of urea groups is 1. The van der Waals surface area contributed by atoms with Crippen molar-refractivity contribution in [2.45, 2.75) is 46.2 Å². The van der Waals surface area contributed by atoms with Crippen molar-refractivity contribution in [2.24, 2.45) is 5.41 Å². The number of nitrogens with one attached hydrogen (secondary N) is 2. The summed E-state index contributed by atoms with van der Waals surface area (Å²) in [6.07, 6.45) is 0.856. The smallest absolute Gasteiger partial charge is 0.315 e. The molecule has 3 rings (SSSR count). The van der Waals surface area contributed by atoms with Crippen LogP contribution in [-0.2, 0) is 4.74 Å². The second-order valence-electron chi connectivity index (χ2n) is 9.19. The maximum atomic E-state index is 12.8. The van der Waals surface area contributed by atoms with Gasteiger partial charge in [-0.3, -0.25) is 4.90 Å². The van der Waals surface area contributed by atoms with Crippen LogP contribution in [0.1, 0.15) is 56.4 Å². The van der Waals surface area contributed by atoms with Crippen LogP contribution in [0.3, 0.4) is 0 Å². The van der Waals surface area contributed by atoms with Gasteiger partial charge in [-0.1, -0.05) is 51.1 Å². The number of carbonyl (C=O) groups excluding carboxylic acids is 1. The van der Waals surface area contributed by atoms with Gasteiger partial charge >= 0.3 is 6.03 Å². The monoisotopic (exact) mass is 413 g/mol. The van der Waals surface area contributed by atoms with E-state index in [9.17, 15) is 4.79 Å². The highest BCUT2D eigenvalue weighted by Crippen LogP contribution is 2.29. The van der Waals surface area contributed by atoms with Crippen LogP contribution in [-0.4, -0.2) is 43.8 Å². The molecule has 2 unspecified atom stereocenters. The molecule has 0 saturated carbocycles. The van der Waals surface area contributed by atoms with Crippen LogP contribution >= 0.6 is 0 Å². The Labute approximate surface area is 180 Å². The summed E-state index contributed by atoms with van der Waals surface area (Å²) in [5, 5.41) is 6.26. The maximum Gasteiger partial charge on any atom is 0.315 e. The zero-order valence-electron chi connectivity index (χ0n) is 18.6. The predicted molar refractivity (Wildman–Crippen MR) is 118 cm³/mol. The van der Waals surface area contributed by atoms with Crippen molar-refractivity contribution in [3.8, 4) is 0 Å². The molecule has 1 fully saturated rings. The Balaban J connectivity index is 1.66. The van der Waals surface area contributed by atoms with Crippen molar-refractivity contribution in [3.05, 3.63) is 59.5 Å². The summed E-state index contributed by atoms with van der Waals surface area (Å²) < 4.78 is 11.4. The van der Waals surface area contributed by atoms with Crippen LogP contribution < -0.4 is 10.6 Å². The number of amides is 2. The Morgan fingerprint density at radius 2 is 1.80 bits per heavy atom. The van der Waals surface area contributed by atoms with Crippen molar-refractivity contribution in [2.75, 3.05) is 32.8 Å². The Hall–Kier alpha value is -2.31. The second-order valence-corrected chi connectivity index (χ2v) is 9.19. The summed E-state index contributed by atoms with van der Waals surface area (Å²) in [5.74, 6) is 1.76. The van der Waals surface area contributed by atoms with Gasteiger partial charge in [0.1, 0.15) is 11.5 Å². The number of hydrogen-bond acceptors (Lipinski definition) is 4. The lowest BCUT2D eigenvalue weighted by molar-refractivity contribution is 0.0121. The van der Waals surface area contributed by atoms with Crippen LogP contribution in [0.5, 0.6) is 0 Å². The lowest BCUT2D eigenvalue weighted by atomic mass is 9.85. The van der Waals surface area contributed by atoms with Gasteiger partial charge in [0.25, 0.3) is 0 Å². The number of hydrogen-bond donors (Lipinski definition) is 2. The van der Waals surface area contributed by atoms with Crippen LogP contribution in [0.15, 0.2) is 46.9 Å². The summed E-state index contributed by atoms with van der Waals surface area (Å²) in [4.78, 5) is 15.2. The van der Waals surface area contributed by atoms with E-state index >= 15 is 0 Å². The highest BCUT2D eigenvalue weighted by atomic mass is 16.5. The summed E-state index contributed by atoms with van der Waals surface area (Å²) in [6, 6.07) is 13.9. The number of aryl methyl sites for hydroxylation is 1. The largest absolute Gasteiger partial charge is 0.465 e. The number of benzene rings is 1. The first-order chi connectivity index (χ1) is 14.3. The molecule has 6 heteroatoms. The minimum absolute atomic E-state index is 0.00820. The molecule has 0 spiro atoms. The topological polar surface area (TPSA) is 66.7 Å². The summed E-state index contributed by atoms with van der Waals surface area (Å²) in [5.41, 5.74) is 1.21. The van der Waals surface area contributed by atoms with Gasteiger partial charge in [-0.2, -0.15) is 0 Å². The van der Waals surface area contributed by atoms with Crippen LogP contribution in [0.25, 0.3) is 0 Å². The van der Waals surface area contributed by atoms with E-state index < -0.39 is 0 Å². The molecular formula is C24H35N3O3. The molecule has 1 saturated heterocycles. The zero-order chi connectivity index (χ0) is 21.6. The molecule has 2 N–H and O–H groups in total. The Morgan fingerprint density at radius 3 is 2.40 bits per heavy atom. The third-order valence-corrected chi connectivity index (χ3v) is 5.36. The first kappa shape index (κ1) is 22.4. The number of furan rings is 1. The Bertz CT molecular complexity index is 792. The first-order valence-corrected chi connectivity index (χ1v) is 10.8. The quantitative estimate of drug-likeness (QED) is 0.704. The molecular weight excluding hydrogens is 378 g/mol. The molecule has 0 bridgehead atoms. The van der Waals surface area contributed by atoms with E-state index in [2.05, 4.69) is 48.4 Å². The van der Waals surface area contributed by atoms with Gasteiger partial charge in [-0.25, -0.2) is 4.79 Å². The van der Waals surface area contributed by atoms with E-state index in [1.165, 1.54) is 0 Å². The fourth-order valence-electron chi connectivity index (χ4n) is 3.88. The highest BCUT2D eigenvalue weighted by molar-refractivity contribution is 5.74. The van der Waals surface area contributed by atoms with Crippen molar-refractivity contribution < 1.29 is 13.9 Å². The third-order valence-electron chi connectivity index (χ3n) is 5.36. The molecule has 2 amide bonds. The highest BCUT2D eigenvalue weighted by Gasteiger charge is 2.27. The molecule has 2 atom stereocenters. The van der Waals surface area contributed by atoms with Crippen molar-refractivity contribution in [3.63, 3.8) is 0 Å². The summed E-state index contributed by atoms with van der Waals surface area (Å²) in [7, 11) is 0. The van der Waals surface area contributed by atoms with Gasteiger partial charge in [0.05, 0.1) is 25.3 Å². The minimum Gasteiger partial charge on any atom is -0.465 e. The van der Waals surface area contributed by atoms with Gasteiger partial charge in [-0.05, 0) is 36.5 Å². The number of rotatable bonds is 7. The van der Waals surface area contributed by atoms with E-state index in [1.807, 2.05) is 37.3 Å². The number of ether oxygens (including phenoxy) is 1. The fraction of sp³-hybridized carbons (Fsp3) is 0.542. The molecule has 164 valence electrons. The minimum atomic E-state index is -0.158. The number of nitrogens with zero attached hydrogens (tertiary/aromatic N) is 1. The van der Waals surface area contributed by atoms with E-state index in [0.717, 1.165) is 36.6 Å². The Kier molecular flexibility index (Phi) is 7.56. The number of morpholine rings is 1. The summed E-state index contributed by atoms with van der Waals surface area (Å²) in [6.45, 7) is 12.0. The molecule has 0 aliphatic carbocycles. The van der Waals surface area contributed by atoms with Crippen LogP contribution in [0.2, 0.25) is 0 Å². The van der Waals surface area contributed by atoms with E-state index in [-0.39, 0.29) is 23.5 Å². The number of carbonyl (C=O) groups is 1. The Morgan fingerprint density at radius 1 is 1.10 bits per heavy atom. The molecule has 30 heavy (non-hydrogen) atoms. The standard InChI is InChI=1S/C24H35N3O3/c1-18-10-11-22(30-18)21(27-12-14-29-15-13-27)17-25-23(28)26-20(16-24(2,3)4)19-8-6-5-7-9-19/h5-11,20-21H,12-17H2,1-4H3,(H2,25,26,28). The lowest BCUT2D eigenvalue weighted by Gasteiger charge is -2.33. The summed E-state index contributed by atoms with van der Waals surface area (Å²) >= 11 is 0. The van der Waals surface area contributed by atoms with E-state index in [0.29, 0.717) is 19.8 Å². The van der Waals surface area contributed by atoms with Crippen LogP contribution in [0, 0.1) is 12.3 Å². The van der Waals surface area contributed by atoms with Gasteiger partial charge in [-0.15, -0.1) is 0 Å². The lowest BCUT2D eigenvalue weighted by Crippen LogP contribution is -2.46. The van der Waals surface area contributed by atoms with Gasteiger partial charge in [0.2, 0.25) is 0 Å². The SMILES string of the molecule is Cc1ccc(C(CNC(=O)NC(CC(C)(C)C)c2ccccc2)N2CCOCC2)o1. The molecule has 2 heterocycles. The second kappa shape index (κ2) is 10.1. The van der Waals surface area contributed by atoms with Gasteiger partial charge < -0.3 is 19.8 Å². The molecule has 2 aromatic rings. The van der Waals surface area contributed by atoms with E-state index in [4.69, 9.17) is 9.15 Å². The normalized spacial score (nSPS) is 17.3. The van der Waals surface area contributed by atoms with Crippen molar-refractivity contribution in [1.29, 1.82) is 0 Å². The van der Waals surface area contributed by atoms with Crippen LogP contribution in [0.4, 0.5) is 4.79 Å². The molecule has 1 aromatic carbocycles. The molecule has 1 aliphatic heterocycles. The van der Waals surface area contributed by atoms with Gasteiger partial charge in [0.15, 0.2) is 0 Å². The first-order valence-electron chi connectivity index (χ1n) is 10.8. The average molecular weight is 414 g/mol. The molecule has 0 radical (unpaired) electrons. The van der Waals surface area contributed by atoms with Crippen molar-refractivity contribution in [1.82, 2.24) is 15.5 Å². The van der Waals surface area contributed by atoms with Gasteiger partial charge in [0, 0.05) is 19.6 Å². The third kappa shape index (κ3) is 6.61. The molecule has 6 nitrogen and oxygen atoms in total. The van der Waals surface area contributed by atoms with E-state index in [1.54, 1.807) is 0 Å². The average Bonchev–Trinajstić information content (AvgIpc) is 3.14. The fourth-order valence-corrected chi connectivity index (χ4v) is 3.88. The van der Waals surface area contributed by atoms with Crippen molar-refractivity contribution >= 4 is 6.03 Å². The molecule has 1 aliphatic rings. The zero-order valence-corrected chi connectivity index (χ0v) is 18.6.